The second-order valence-electron chi connectivity index (χ2n) is 5.08. The maximum absolute atomic E-state index is 11.8. The Morgan fingerprint density at radius 3 is 2.18 bits per heavy atom. The second-order valence-corrected chi connectivity index (χ2v) is 7.07. The van der Waals surface area contributed by atoms with Crippen molar-refractivity contribution in [3.8, 4) is 0 Å². The van der Waals surface area contributed by atoms with Gasteiger partial charge < -0.3 is 5.11 Å². The van der Waals surface area contributed by atoms with Crippen LogP contribution < -0.4 is 4.72 Å². The van der Waals surface area contributed by atoms with Gasteiger partial charge >= 0.3 is 5.97 Å². The molecule has 0 bridgehead atoms. The highest BCUT2D eigenvalue weighted by atomic mass is 32.2. The summed E-state index contributed by atoms with van der Waals surface area (Å²) >= 11 is 0. The Balaban J connectivity index is 2.03. The fraction of sp³-hybridized carbons (Fsp3) is 0.909. The summed E-state index contributed by atoms with van der Waals surface area (Å²) in [7, 11) is -3.41. The summed E-state index contributed by atoms with van der Waals surface area (Å²) in [5.74, 6) is -1.09. The lowest BCUT2D eigenvalue weighted by Crippen LogP contribution is -2.47. The summed E-state index contributed by atoms with van der Waals surface area (Å²) in [5, 5.41) is 8.81. The SMILES string of the molecule is O=C(O)C(NS(=O)(=O)C1CC1)C1CCCCC1. The molecule has 17 heavy (non-hydrogen) atoms. The van der Waals surface area contributed by atoms with Gasteiger partial charge in [-0.15, -0.1) is 0 Å². The third-order valence-electron chi connectivity index (χ3n) is 3.64. The van der Waals surface area contributed by atoms with Crippen LogP contribution in [0, 0.1) is 5.92 Å². The molecular formula is C11H19NO4S. The van der Waals surface area contributed by atoms with Crippen LogP contribution in [-0.4, -0.2) is 30.8 Å². The van der Waals surface area contributed by atoms with E-state index in [9.17, 15) is 13.2 Å². The Morgan fingerprint density at radius 1 is 1.12 bits per heavy atom. The smallest absolute Gasteiger partial charge is 0.322 e. The van der Waals surface area contributed by atoms with Crippen LogP contribution in [0.1, 0.15) is 44.9 Å². The van der Waals surface area contributed by atoms with E-state index >= 15 is 0 Å². The number of carboxylic acid groups (broad SMARTS) is 1. The standard InChI is InChI=1S/C11H19NO4S/c13-11(14)10(8-4-2-1-3-5-8)12-17(15,16)9-6-7-9/h8-10,12H,1-7H2,(H,13,14). The van der Waals surface area contributed by atoms with Crippen LogP contribution in [0.25, 0.3) is 0 Å². The van der Waals surface area contributed by atoms with Crippen molar-refractivity contribution in [1.82, 2.24) is 4.72 Å². The molecule has 0 spiro atoms. The zero-order valence-electron chi connectivity index (χ0n) is 9.76. The first kappa shape index (κ1) is 12.8. The van der Waals surface area contributed by atoms with E-state index in [0.29, 0.717) is 12.8 Å². The van der Waals surface area contributed by atoms with Crippen LogP contribution in [0.5, 0.6) is 0 Å². The number of nitrogens with one attached hydrogen (secondary N) is 1. The van der Waals surface area contributed by atoms with Crippen molar-refractivity contribution in [1.29, 1.82) is 0 Å². The van der Waals surface area contributed by atoms with Gasteiger partial charge in [0, 0.05) is 0 Å². The average Bonchev–Trinajstić information content (AvgIpc) is 3.11. The van der Waals surface area contributed by atoms with E-state index < -0.39 is 22.0 Å². The molecule has 0 aromatic rings. The molecule has 1 atom stereocenters. The predicted molar refractivity (Wildman–Crippen MR) is 63.1 cm³/mol. The van der Waals surface area contributed by atoms with Gasteiger partial charge in [-0.2, -0.15) is 0 Å². The summed E-state index contributed by atoms with van der Waals surface area (Å²) in [5.41, 5.74) is 0. The molecule has 2 rings (SSSR count). The quantitative estimate of drug-likeness (QED) is 0.776. The minimum Gasteiger partial charge on any atom is -0.480 e. The van der Waals surface area contributed by atoms with Crippen LogP contribution in [0.4, 0.5) is 0 Å². The molecule has 1 unspecified atom stereocenters. The van der Waals surface area contributed by atoms with Gasteiger partial charge in [-0.1, -0.05) is 19.3 Å². The monoisotopic (exact) mass is 261 g/mol. The van der Waals surface area contributed by atoms with Gasteiger partial charge in [-0.3, -0.25) is 4.79 Å². The minimum atomic E-state index is -3.41. The summed E-state index contributed by atoms with van der Waals surface area (Å²) in [6.07, 6.45) is 6.06. The highest BCUT2D eigenvalue weighted by molar-refractivity contribution is 7.90. The summed E-state index contributed by atoms with van der Waals surface area (Å²) in [6.45, 7) is 0. The summed E-state index contributed by atoms with van der Waals surface area (Å²) in [4.78, 5) is 11.2. The summed E-state index contributed by atoms with van der Waals surface area (Å²) in [6, 6.07) is -0.930. The molecule has 2 saturated carbocycles. The number of aliphatic carboxylic acids is 1. The van der Waals surface area contributed by atoms with Gasteiger partial charge in [0.15, 0.2) is 0 Å². The number of rotatable bonds is 5. The normalized spacial score (nSPS) is 24.5. The van der Waals surface area contributed by atoms with Crippen molar-refractivity contribution in [2.45, 2.75) is 56.2 Å². The molecule has 0 heterocycles. The number of carbonyl (C=O) groups is 1. The number of hydrogen-bond acceptors (Lipinski definition) is 3. The molecule has 5 nitrogen and oxygen atoms in total. The van der Waals surface area contributed by atoms with Crippen molar-refractivity contribution in [3.63, 3.8) is 0 Å². The van der Waals surface area contributed by atoms with E-state index in [1.807, 2.05) is 0 Å². The third-order valence-corrected chi connectivity index (χ3v) is 5.57. The second kappa shape index (κ2) is 4.94. The molecule has 0 saturated heterocycles. The van der Waals surface area contributed by atoms with E-state index in [0.717, 1.165) is 32.1 Å². The van der Waals surface area contributed by atoms with E-state index in [2.05, 4.69) is 4.72 Å². The van der Waals surface area contributed by atoms with Crippen LogP contribution >= 0.6 is 0 Å². The fourth-order valence-electron chi connectivity index (χ4n) is 2.47. The van der Waals surface area contributed by atoms with Crippen molar-refractivity contribution < 1.29 is 18.3 Å². The third kappa shape index (κ3) is 3.19. The van der Waals surface area contributed by atoms with E-state index in [4.69, 9.17) is 5.11 Å². The lowest BCUT2D eigenvalue weighted by atomic mass is 9.84. The molecule has 0 aromatic carbocycles. The van der Waals surface area contributed by atoms with Crippen molar-refractivity contribution >= 4 is 16.0 Å². The molecule has 0 radical (unpaired) electrons. The number of carboxylic acids is 1. The van der Waals surface area contributed by atoms with Crippen LogP contribution in [-0.2, 0) is 14.8 Å². The molecule has 2 aliphatic rings. The molecular weight excluding hydrogens is 242 g/mol. The fourth-order valence-corrected chi connectivity index (χ4v) is 4.06. The van der Waals surface area contributed by atoms with Crippen LogP contribution in [0.2, 0.25) is 0 Å². The first-order chi connectivity index (χ1) is 8.00. The Labute approximate surface area is 102 Å². The largest absolute Gasteiger partial charge is 0.480 e. The highest BCUT2D eigenvalue weighted by Crippen LogP contribution is 2.31. The van der Waals surface area contributed by atoms with Gasteiger partial charge in [0.25, 0.3) is 0 Å². The van der Waals surface area contributed by atoms with E-state index in [1.165, 1.54) is 0 Å². The topological polar surface area (TPSA) is 83.5 Å². The maximum Gasteiger partial charge on any atom is 0.322 e. The average molecular weight is 261 g/mol. The first-order valence-corrected chi connectivity index (χ1v) is 7.79. The zero-order chi connectivity index (χ0) is 12.5. The number of hydrogen-bond donors (Lipinski definition) is 2. The van der Waals surface area contributed by atoms with Gasteiger partial charge in [0.2, 0.25) is 10.0 Å². The zero-order valence-corrected chi connectivity index (χ0v) is 10.6. The van der Waals surface area contributed by atoms with E-state index in [-0.39, 0.29) is 11.2 Å². The number of sulfonamides is 1. The van der Waals surface area contributed by atoms with Gasteiger partial charge in [-0.05, 0) is 31.6 Å². The lowest BCUT2D eigenvalue weighted by molar-refractivity contribution is -0.140. The first-order valence-electron chi connectivity index (χ1n) is 6.24. The Morgan fingerprint density at radius 2 is 1.71 bits per heavy atom. The van der Waals surface area contributed by atoms with Crippen molar-refractivity contribution in [2.24, 2.45) is 5.92 Å². The van der Waals surface area contributed by atoms with Gasteiger partial charge in [-0.25, -0.2) is 13.1 Å². The van der Waals surface area contributed by atoms with Gasteiger partial charge in [0.1, 0.15) is 6.04 Å². The van der Waals surface area contributed by atoms with Crippen molar-refractivity contribution in [2.75, 3.05) is 0 Å². The van der Waals surface area contributed by atoms with Crippen molar-refractivity contribution in [3.05, 3.63) is 0 Å². The highest BCUT2D eigenvalue weighted by Gasteiger charge is 2.40. The lowest BCUT2D eigenvalue weighted by Gasteiger charge is -2.27. The molecule has 2 fully saturated rings. The predicted octanol–water partition coefficient (Wildman–Crippen LogP) is 1.10. The molecule has 2 N–H and O–H groups in total. The Kier molecular flexibility index (Phi) is 3.73. The van der Waals surface area contributed by atoms with Gasteiger partial charge in [0.05, 0.1) is 5.25 Å². The maximum atomic E-state index is 11.8. The van der Waals surface area contributed by atoms with Crippen LogP contribution in [0.3, 0.4) is 0 Å². The molecule has 0 aliphatic heterocycles. The van der Waals surface area contributed by atoms with Crippen LogP contribution in [0.15, 0.2) is 0 Å². The molecule has 0 amide bonds. The van der Waals surface area contributed by atoms with E-state index in [1.54, 1.807) is 0 Å². The molecule has 0 aromatic heterocycles. The molecule has 6 heteroatoms. The molecule has 2 aliphatic carbocycles. The Bertz CT molecular complexity index is 382. The molecule has 98 valence electrons. The Hall–Kier alpha value is -0.620. The summed E-state index contributed by atoms with van der Waals surface area (Å²) < 4.78 is 25.9. The minimum absolute atomic E-state index is 0.0465.